The summed E-state index contributed by atoms with van der Waals surface area (Å²) in [5, 5.41) is 13.3. The van der Waals surface area contributed by atoms with Crippen molar-refractivity contribution >= 4 is 17.3 Å². The van der Waals surface area contributed by atoms with Crippen LogP contribution in [0.5, 0.6) is 5.75 Å². The second-order valence-electron chi connectivity index (χ2n) is 2.87. The predicted molar refractivity (Wildman–Crippen MR) is 57.1 cm³/mol. The Hall–Kier alpha value is -1.22. The van der Waals surface area contributed by atoms with E-state index < -0.39 is 0 Å². The zero-order valence-electron chi connectivity index (χ0n) is 8.12. The first kappa shape index (κ1) is 10.9. The van der Waals surface area contributed by atoms with Gasteiger partial charge in [-0.25, -0.2) is 0 Å². The molecule has 0 aliphatic carbocycles. The van der Waals surface area contributed by atoms with E-state index in [1.807, 2.05) is 19.1 Å². The summed E-state index contributed by atoms with van der Waals surface area (Å²) in [4.78, 5) is 4.64. The van der Waals surface area contributed by atoms with Crippen molar-refractivity contribution in [1.29, 1.82) is 0 Å². The molecule has 1 N–H and O–H groups in total. The number of aryl methyl sites for hydroxylation is 1. The summed E-state index contributed by atoms with van der Waals surface area (Å²) in [6.45, 7) is 1.93. The molecule has 4 heteroatoms. The summed E-state index contributed by atoms with van der Waals surface area (Å²) in [6, 6.07) is 5.25. The van der Waals surface area contributed by atoms with Crippen molar-refractivity contribution in [3.05, 3.63) is 29.3 Å². The lowest BCUT2D eigenvalue weighted by Crippen LogP contribution is -2.04. The highest BCUT2D eigenvalue weighted by atomic mass is 35.5. The molecule has 0 atom stereocenters. The molecule has 1 aromatic carbocycles. The number of aromatic hydroxyl groups is 1. The van der Waals surface area contributed by atoms with Gasteiger partial charge >= 0.3 is 0 Å². The average Bonchev–Trinajstić information content (AvgIpc) is 2.18. The van der Waals surface area contributed by atoms with Gasteiger partial charge in [0.15, 0.2) is 0 Å². The Kier molecular flexibility index (Phi) is 3.77. The van der Waals surface area contributed by atoms with Gasteiger partial charge in [-0.3, -0.25) is 0 Å². The molecule has 0 radical (unpaired) electrons. The van der Waals surface area contributed by atoms with Crippen LogP contribution in [0.4, 0.5) is 0 Å². The lowest BCUT2D eigenvalue weighted by atomic mass is 10.1. The monoisotopic (exact) mass is 213 g/mol. The number of nitrogens with zero attached hydrogens (tertiary/aromatic N) is 1. The molecule has 76 valence electrons. The van der Waals surface area contributed by atoms with E-state index in [-0.39, 0.29) is 11.6 Å². The minimum atomic E-state index is 0.159. The quantitative estimate of drug-likeness (QED) is 0.476. The van der Waals surface area contributed by atoms with Gasteiger partial charge < -0.3 is 9.94 Å². The third kappa shape index (κ3) is 2.39. The van der Waals surface area contributed by atoms with Gasteiger partial charge in [0.05, 0.1) is 5.88 Å². The number of rotatable bonds is 3. The van der Waals surface area contributed by atoms with Crippen LogP contribution in [0.15, 0.2) is 23.4 Å². The van der Waals surface area contributed by atoms with Crippen molar-refractivity contribution in [1.82, 2.24) is 0 Å². The van der Waals surface area contributed by atoms with Crippen LogP contribution in [0, 0.1) is 6.92 Å². The lowest BCUT2D eigenvalue weighted by molar-refractivity contribution is 0.213. The minimum absolute atomic E-state index is 0.159. The molecule has 1 rings (SSSR count). The molecule has 14 heavy (non-hydrogen) atoms. The minimum Gasteiger partial charge on any atom is -0.507 e. The van der Waals surface area contributed by atoms with E-state index in [4.69, 9.17) is 11.6 Å². The van der Waals surface area contributed by atoms with Gasteiger partial charge in [-0.2, -0.15) is 0 Å². The number of halogens is 1. The maximum Gasteiger partial charge on any atom is 0.124 e. The summed E-state index contributed by atoms with van der Waals surface area (Å²) in [5.74, 6) is 0.359. The van der Waals surface area contributed by atoms with E-state index in [1.54, 1.807) is 6.07 Å². The van der Waals surface area contributed by atoms with Crippen LogP contribution >= 0.6 is 11.6 Å². The number of benzene rings is 1. The molecule has 0 aliphatic heterocycles. The molecule has 0 fully saturated rings. The predicted octanol–water partition coefficient (Wildman–Crippen LogP) is 2.29. The molecule has 0 saturated heterocycles. The molecule has 0 heterocycles. The third-order valence-electron chi connectivity index (χ3n) is 1.79. The van der Waals surface area contributed by atoms with Crippen LogP contribution in [0.25, 0.3) is 0 Å². The first-order chi connectivity index (χ1) is 6.69. The van der Waals surface area contributed by atoms with Gasteiger partial charge in [-0.05, 0) is 19.1 Å². The van der Waals surface area contributed by atoms with Crippen molar-refractivity contribution < 1.29 is 9.94 Å². The fourth-order valence-electron chi connectivity index (χ4n) is 1.14. The van der Waals surface area contributed by atoms with Crippen LogP contribution in [-0.4, -0.2) is 23.8 Å². The Morgan fingerprint density at radius 3 is 2.86 bits per heavy atom. The average molecular weight is 214 g/mol. The highest BCUT2D eigenvalue weighted by molar-refractivity contribution is 6.32. The zero-order valence-corrected chi connectivity index (χ0v) is 8.88. The second kappa shape index (κ2) is 4.86. The van der Waals surface area contributed by atoms with Crippen molar-refractivity contribution in [2.24, 2.45) is 5.16 Å². The second-order valence-corrected chi connectivity index (χ2v) is 3.14. The van der Waals surface area contributed by atoms with E-state index in [0.717, 1.165) is 5.56 Å². The van der Waals surface area contributed by atoms with Gasteiger partial charge in [-0.15, -0.1) is 11.6 Å². The Labute approximate surface area is 88.0 Å². The summed E-state index contributed by atoms with van der Waals surface area (Å²) in [7, 11) is 1.44. The molecular formula is C10H12ClNO2. The smallest absolute Gasteiger partial charge is 0.124 e. The van der Waals surface area contributed by atoms with Gasteiger partial charge in [0.2, 0.25) is 0 Å². The first-order valence-corrected chi connectivity index (χ1v) is 4.68. The Bertz CT molecular complexity index is 350. The topological polar surface area (TPSA) is 41.8 Å². The highest BCUT2D eigenvalue weighted by Gasteiger charge is 2.08. The first-order valence-electron chi connectivity index (χ1n) is 4.15. The van der Waals surface area contributed by atoms with Gasteiger partial charge in [0, 0.05) is 5.56 Å². The number of oxime groups is 1. The molecule has 0 spiro atoms. The van der Waals surface area contributed by atoms with Gasteiger partial charge in [0.1, 0.15) is 18.6 Å². The summed E-state index contributed by atoms with van der Waals surface area (Å²) >= 11 is 5.68. The van der Waals surface area contributed by atoms with Crippen LogP contribution in [0.3, 0.4) is 0 Å². The molecule has 0 bridgehead atoms. The summed E-state index contributed by atoms with van der Waals surface area (Å²) in [6.07, 6.45) is 0. The number of phenols is 1. The number of alkyl halides is 1. The Balaban J connectivity index is 3.15. The maximum atomic E-state index is 9.57. The third-order valence-corrected chi connectivity index (χ3v) is 2.04. The summed E-state index contributed by atoms with van der Waals surface area (Å²) < 4.78 is 0. The van der Waals surface area contributed by atoms with E-state index >= 15 is 0 Å². The number of hydrogen-bond acceptors (Lipinski definition) is 3. The highest BCUT2D eigenvalue weighted by Crippen LogP contribution is 2.19. The standard InChI is InChI=1S/C10H12ClNO2/c1-7-3-4-10(13)8(5-7)9(6-11)12-14-2/h3-5,13H,6H2,1-2H3. The fraction of sp³-hybridized carbons (Fsp3) is 0.300. The number of hydrogen-bond donors (Lipinski definition) is 1. The Morgan fingerprint density at radius 1 is 1.57 bits per heavy atom. The Morgan fingerprint density at radius 2 is 2.29 bits per heavy atom. The lowest BCUT2D eigenvalue weighted by Gasteiger charge is -2.05. The van der Waals surface area contributed by atoms with Crippen molar-refractivity contribution in [2.75, 3.05) is 13.0 Å². The van der Waals surface area contributed by atoms with Crippen LogP contribution in [0.2, 0.25) is 0 Å². The molecule has 0 amide bonds. The fourth-order valence-corrected chi connectivity index (χ4v) is 1.33. The molecule has 1 aromatic rings. The van der Waals surface area contributed by atoms with Crippen molar-refractivity contribution in [3.8, 4) is 5.75 Å². The van der Waals surface area contributed by atoms with Crippen molar-refractivity contribution in [3.63, 3.8) is 0 Å². The van der Waals surface area contributed by atoms with Crippen LogP contribution < -0.4 is 0 Å². The van der Waals surface area contributed by atoms with Gasteiger partial charge in [-0.1, -0.05) is 16.8 Å². The molecule has 3 nitrogen and oxygen atoms in total. The van der Waals surface area contributed by atoms with Crippen LogP contribution in [0.1, 0.15) is 11.1 Å². The SMILES string of the molecule is CON=C(CCl)c1cc(C)ccc1O. The van der Waals surface area contributed by atoms with E-state index in [2.05, 4.69) is 9.99 Å². The van der Waals surface area contributed by atoms with Gasteiger partial charge in [0.25, 0.3) is 0 Å². The normalized spacial score (nSPS) is 11.5. The maximum absolute atomic E-state index is 9.57. The largest absolute Gasteiger partial charge is 0.507 e. The van der Waals surface area contributed by atoms with Crippen LogP contribution in [-0.2, 0) is 4.84 Å². The summed E-state index contributed by atoms with van der Waals surface area (Å²) in [5.41, 5.74) is 2.17. The molecule has 0 unspecified atom stereocenters. The number of phenolic OH excluding ortho intramolecular Hbond substituents is 1. The van der Waals surface area contributed by atoms with E-state index in [0.29, 0.717) is 11.3 Å². The van der Waals surface area contributed by atoms with E-state index in [1.165, 1.54) is 7.11 Å². The zero-order chi connectivity index (χ0) is 10.6. The van der Waals surface area contributed by atoms with Crippen molar-refractivity contribution in [2.45, 2.75) is 6.92 Å². The molecule has 0 aromatic heterocycles. The molecule has 0 aliphatic rings. The molecular weight excluding hydrogens is 202 g/mol. The van der Waals surface area contributed by atoms with E-state index in [9.17, 15) is 5.11 Å². The molecule has 0 saturated carbocycles.